The van der Waals surface area contributed by atoms with E-state index in [1.807, 2.05) is 81.4 Å². The zero-order valence-corrected chi connectivity index (χ0v) is 16.5. The van der Waals surface area contributed by atoms with E-state index >= 15 is 0 Å². The van der Waals surface area contributed by atoms with Crippen molar-refractivity contribution in [3.63, 3.8) is 0 Å². The summed E-state index contributed by atoms with van der Waals surface area (Å²) in [5, 5.41) is 2.57. The molecule has 28 heavy (non-hydrogen) atoms. The molecular weight excluding hydrogens is 358 g/mol. The van der Waals surface area contributed by atoms with Gasteiger partial charge < -0.3 is 19.5 Å². The number of alkyl carbamates (subject to hydrolysis) is 1. The topological polar surface area (TPSA) is 73.9 Å². The van der Waals surface area contributed by atoms with E-state index in [0.29, 0.717) is 0 Å². The fourth-order valence-corrected chi connectivity index (χ4v) is 2.37. The zero-order valence-electron chi connectivity index (χ0n) is 16.5. The lowest BCUT2D eigenvalue weighted by Gasteiger charge is -2.26. The molecule has 6 nitrogen and oxygen atoms in total. The van der Waals surface area contributed by atoms with Gasteiger partial charge in [-0.25, -0.2) is 9.59 Å². The van der Waals surface area contributed by atoms with Gasteiger partial charge in [-0.1, -0.05) is 60.7 Å². The van der Waals surface area contributed by atoms with Gasteiger partial charge in [-0.2, -0.15) is 0 Å². The van der Waals surface area contributed by atoms with Crippen LogP contribution in [-0.4, -0.2) is 30.3 Å². The summed E-state index contributed by atoms with van der Waals surface area (Å²) >= 11 is 0. The standard InChI is InChI=1S/C22H27NO5/c1-22(2,3)28-19(20(24)26-15-17-10-6-4-7-11-17)14-23-21(25)27-16-18-12-8-5-9-13-18/h4-13,19H,14-16H2,1-3H3,(H,23,25)/t19-/m1/s1. The van der Waals surface area contributed by atoms with E-state index in [9.17, 15) is 9.59 Å². The number of amides is 1. The minimum absolute atomic E-state index is 0.0431. The highest BCUT2D eigenvalue weighted by Gasteiger charge is 2.27. The molecule has 1 atom stereocenters. The Bertz CT molecular complexity index is 741. The molecular formula is C22H27NO5. The van der Waals surface area contributed by atoms with Crippen molar-refractivity contribution in [1.29, 1.82) is 0 Å². The predicted octanol–water partition coefficient (Wildman–Crippen LogP) is 3.84. The molecule has 0 fully saturated rings. The summed E-state index contributed by atoms with van der Waals surface area (Å²) in [6, 6.07) is 18.7. The van der Waals surface area contributed by atoms with Crippen molar-refractivity contribution in [3.8, 4) is 0 Å². The summed E-state index contributed by atoms with van der Waals surface area (Å²) in [7, 11) is 0. The van der Waals surface area contributed by atoms with Gasteiger partial charge in [0.05, 0.1) is 12.1 Å². The first-order valence-electron chi connectivity index (χ1n) is 9.16. The SMILES string of the molecule is CC(C)(C)O[C@H](CNC(=O)OCc1ccccc1)C(=O)OCc1ccccc1. The number of benzene rings is 2. The third kappa shape index (κ3) is 8.22. The van der Waals surface area contributed by atoms with Crippen LogP contribution in [0.5, 0.6) is 0 Å². The van der Waals surface area contributed by atoms with E-state index < -0.39 is 23.8 Å². The maximum atomic E-state index is 12.4. The summed E-state index contributed by atoms with van der Waals surface area (Å²) < 4.78 is 16.3. The summed E-state index contributed by atoms with van der Waals surface area (Å²) in [5.41, 5.74) is 1.18. The molecule has 2 aromatic carbocycles. The van der Waals surface area contributed by atoms with Crippen molar-refractivity contribution >= 4 is 12.1 Å². The zero-order chi connectivity index (χ0) is 20.4. The molecule has 0 saturated carbocycles. The number of hydrogen-bond donors (Lipinski definition) is 1. The monoisotopic (exact) mass is 385 g/mol. The van der Waals surface area contributed by atoms with Crippen molar-refractivity contribution in [2.75, 3.05) is 6.54 Å². The maximum absolute atomic E-state index is 12.4. The lowest BCUT2D eigenvalue weighted by molar-refractivity contribution is -0.167. The van der Waals surface area contributed by atoms with Crippen LogP contribution in [0.2, 0.25) is 0 Å². The van der Waals surface area contributed by atoms with Gasteiger partial charge in [0, 0.05) is 0 Å². The van der Waals surface area contributed by atoms with Crippen LogP contribution in [0.3, 0.4) is 0 Å². The Labute approximate surface area is 165 Å². The van der Waals surface area contributed by atoms with Crippen LogP contribution in [0, 0.1) is 0 Å². The number of carbonyl (C=O) groups is 2. The van der Waals surface area contributed by atoms with Crippen molar-refractivity contribution in [1.82, 2.24) is 5.32 Å². The minimum atomic E-state index is -0.937. The minimum Gasteiger partial charge on any atom is -0.459 e. The molecule has 2 rings (SSSR count). The van der Waals surface area contributed by atoms with Crippen LogP contribution in [0.15, 0.2) is 60.7 Å². The fourth-order valence-electron chi connectivity index (χ4n) is 2.37. The van der Waals surface area contributed by atoms with E-state index in [4.69, 9.17) is 14.2 Å². The first-order chi connectivity index (χ1) is 13.3. The molecule has 0 heterocycles. The molecule has 6 heteroatoms. The van der Waals surface area contributed by atoms with E-state index in [0.717, 1.165) is 11.1 Å². The number of ether oxygens (including phenoxy) is 3. The van der Waals surface area contributed by atoms with E-state index in [2.05, 4.69) is 5.32 Å². The Morgan fingerprint density at radius 3 is 1.86 bits per heavy atom. The van der Waals surface area contributed by atoms with Crippen molar-refractivity contribution in [3.05, 3.63) is 71.8 Å². The molecule has 2 aromatic rings. The molecule has 0 radical (unpaired) electrons. The van der Waals surface area contributed by atoms with Gasteiger partial charge in [-0.3, -0.25) is 0 Å². The first kappa shape index (κ1) is 21.4. The molecule has 0 aliphatic heterocycles. The quantitative estimate of drug-likeness (QED) is 0.699. The second-order valence-corrected chi connectivity index (χ2v) is 7.25. The Balaban J connectivity index is 1.85. The Morgan fingerprint density at radius 1 is 0.857 bits per heavy atom. The van der Waals surface area contributed by atoms with E-state index in [1.54, 1.807) is 0 Å². The average molecular weight is 385 g/mol. The van der Waals surface area contributed by atoms with Gasteiger partial charge >= 0.3 is 12.1 Å². The summed E-state index contributed by atoms with van der Waals surface area (Å²) in [5.74, 6) is -0.540. The van der Waals surface area contributed by atoms with Gasteiger partial charge in [-0.05, 0) is 31.9 Å². The van der Waals surface area contributed by atoms with Gasteiger partial charge in [0.25, 0.3) is 0 Å². The highest BCUT2D eigenvalue weighted by molar-refractivity contribution is 5.76. The number of hydrogen-bond acceptors (Lipinski definition) is 5. The molecule has 0 bridgehead atoms. The Kier molecular flexibility index (Phi) is 8.02. The summed E-state index contributed by atoms with van der Waals surface area (Å²) in [4.78, 5) is 24.4. The van der Waals surface area contributed by atoms with Crippen LogP contribution >= 0.6 is 0 Å². The fraction of sp³-hybridized carbons (Fsp3) is 0.364. The van der Waals surface area contributed by atoms with Crippen LogP contribution in [0.1, 0.15) is 31.9 Å². The van der Waals surface area contributed by atoms with Gasteiger partial charge in [0.15, 0.2) is 6.10 Å². The number of carbonyl (C=O) groups excluding carboxylic acids is 2. The highest BCUT2D eigenvalue weighted by atomic mass is 16.6. The number of nitrogens with one attached hydrogen (secondary N) is 1. The van der Waals surface area contributed by atoms with Crippen LogP contribution in [-0.2, 0) is 32.2 Å². The summed E-state index contributed by atoms with van der Waals surface area (Å²) in [6.07, 6.45) is -1.56. The predicted molar refractivity (Wildman–Crippen MR) is 105 cm³/mol. The lowest BCUT2D eigenvalue weighted by atomic mass is 10.2. The van der Waals surface area contributed by atoms with Gasteiger partial charge in [0.1, 0.15) is 13.2 Å². The molecule has 1 amide bonds. The second-order valence-electron chi connectivity index (χ2n) is 7.25. The lowest BCUT2D eigenvalue weighted by Crippen LogP contribution is -2.43. The summed E-state index contributed by atoms with van der Waals surface area (Å²) in [6.45, 7) is 5.74. The normalized spacial score (nSPS) is 12.1. The van der Waals surface area contributed by atoms with Gasteiger partial charge in [-0.15, -0.1) is 0 Å². The molecule has 0 saturated heterocycles. The molecule has 0 aliphatic rings. The van der Waals surface area contributed by atoms with E-state index in [-0.39, 0.29) is 19.8 Å². The highest BCUT2D eigenvalue weighted by Crippen LogP contribution is 2.13. The van der Waals surface area contributed by atoms with Crippen molar-refractivity contribution in [2.24, 2.45) is 0 Å². The van der Waals surface area contributed by atoms with E-state index in [1.165, 1.54) is 0 Å². The Hall–Kier alpha value is -2.86. The smallest absolute Gasteiger partial charge is 0.407 e. The second kappa shape index (κ2) is 10.5. The number of esters is 1. The molecule has 1 N–H and O–H groups in total. The molecule has 0 spiro atoms. The average Bonchev–Trinajstić information content (AvgIpc) is 2.68. The Morgan fingerprint density at radius 2 is 1.36 bits per heavy atom. The third-order valence-corrected chi connectivity index (χ3v) is 3.63. The first-order valence-corrected chi connectivity index (χ1v) is 9.16. The molecule has 0 aliphatic carbocycles. The molecule has 0 unspecified atom stereocenters. The van der Waals surface area contributed by atoms with Crippen LogP contribution in [0.4, 0.5) is 4.79 Å². The maximum Gasteiger partial charge on any atom is 0.407 e. The van der Waals surface area contributed by atoms with Crippen LogP contribution in [0.25, 0.3) is 0 Å². The van der Waals surface area contributed by atoms with Gasteiger partial charge in [0.2, 0.25) is 0 Å². The number of rotatable bonds is 8. The van der Waals surface area contributed by atoms with Crippen molar-refractivity contribution < 1.29 is 23.8 Å². The largest absolute Gasteiger partial charge is 0.459 e. The van der Waals surface area contributed by atoms with Crippen LogP contribution < -0.4 is 5.32 Å². The van der Waals surface area contributed by atoms with Crippen molar-refractivity contribution in [2.45, 2.75) is 45.7 Å². The third-order valence-electron chi connectivity index (χ3n) is 3.63. The molecule has 150 valence electrons. The molecule has 0 aromatic heterocycles.